The van der Waals surface area contributed by atoms with Gasteiger partial charge in [0.15, 0.2) is 11.1 Å². The lowest BCUT2D eigenvalue weighted by Crippen LogP contribution is -2.64. The van der Waals surface area contributed by atoms with Gasteiger partial charge in [-0.3, -0.25) is 9.59 Å². The van der Waals surface area contributed by atoms with Crippen molar-refractivity contribution in [1.82, 2.24) is 15.3 Å². The molecule has 2 heterocycles. The lowest BCUT2D eigenvalue weighted by molar-refractivity contribution is -0.121. The summed E-state index contributed by atoms with van der Waals surface area (Å²) in [5.74, 6) is 0.598. The molecule has 2 N–H and O–H groups in total. The Hall–Kier alpha value is -1.76. The third kappa shape index (κ3) is 2.57. The Morgan fingerprint density at radius 3 is 2.81 bits per heavy atom. The highest BCUT2D eigenvalue weighted by Gasteiger charge is 2.43. The molecule has 2 aliphatic rings. The van der Waals surface area contributed by atoms with Crippen molar-refractivity contribution in [3.05, 3.63) is 16.5 Å². The average molecular weight is 306 g/mol. The van der Waals surface area contributed by atoms with Gasteiger partial charge in [-0.25, -0.2) is 4.98 Å². The molecule has 1 aromatic rings. The Kier molecular flexibility index (Phi) is 3.75. The number of rotatable bonds is 2. The van der Waals surface area contributed by atoms with E-state index < -0.39 is 0 Å². The van der Waals surface area contributed by atoms with E-state index in [4.69, 9.17) is 12.2 Å². The number of aldehydes is 1. The van der Waals surface area contributed by atoms with Crippen LogP contribution in [0.2, 0.25) is 0 Å². The summed E-state index contributed by atoms with van der Waals surface area (Å²) in [6.45, 7) is 0.864. The zero-order valence-corrected chi connectivity index (χ0v) is 12.5. The van der Waals surface area contributed by atoms with Crippen molar-refractivity contribution in [2.75, 3.05) is 18.0 Å². The lowest BCUT2D eigenvalue weighted by atomic mass is 9.79. The van der Waals surface area contributed by atoms with Crippen LogP contribution in [0.1, 0.15) is 42.5 Å². The summed E-state index contributed by atoms with van der Waals surface area (Å²) < 4.78 is 0.326. The molecule has 1 aromatic heterocycles. The maximum absolute atomic E-state index is 11.9. The van der Waals surface area contributed by atoms with Crippen LogP contribution < -0.4 is 10.2 Å². The highest BCUT2D eigenvalue weighted by atomic mass is 32.1. The number of aromatic nitrogens is 2. The van der Waals surface area contributed by atoms with E-state index in [2.05, 4.69) is 15.3 Å². The first-order valence-corrected chi connectivity index (χ1v) is 7.64. The van der Waals surface area contributed by atoms with E-state index >= 15 is 0 Å². The average Bonchev–Trinajstić information content (AvgIpc) is 2.51. The van der Waals surface area contributed by atoms with Crippen LogP contribution in [0.3, 0.4) is 0 Å². The van der Waals surface area contributed by atoms with E-state index in [1.54, 1.807) is 0 Å². The summed E-state index contributed by atoms with van der Waals surface area (Å²) in [6.07, 6.45) is 7.74. The zero-order valence-electron chi connectivity index (χ0n) is 11.7. The Labute approximate surface area is 127 Å². The molecule has 0 unspecified atom stereocenters. The predicted molar refractivity (Wildman–Crippen MR) is 81.0 cm³/mol. The van der Waals surface area contributed by atoms with Crippen molar-refractivity contribution in [2.45, 2.75) is 37.6 Å². The van der Waals surface area contributed by atoms with Crippen molar-refractivity contribution < 1.29 is 9.59 Å². The summed E-state index contributed by atoms with van der Waals surface area (Å²) in [5, 5.41) is 2.97. The molecule has 2 fully saturated rings. The number of anilines is 1. The number of carbonyl (C=O) groups excluding carboxylic acids is 2. The first kappa shape index (κ1) is 14.2. The molecule has 3 rings (SSSR count). The summed E-state index contributed by atoms with van der Waals surface area (Å²) in [4.78, 5) is 32.2. The fourth-order valence-electron chi connectivity index (χ4n) is 3.40. The molecule has 112 valence electrons. The number of H-pyrrole nitrogens is 1. The molecule has 6 nitrogen and oxygen atoms in total. The van der Waals surface area contributed by atoms with Crippen molar-refractivity contribution in [3.63, 3.8) is 0 Å². The molecule has 1 saturated heterocycles. The van der Waals surface area contributed by atoms with Gasteiger partial charge in [0.05, 0.1) is 17.6 Å². The van der Waals surface area contributed by atoms with Crippen LogP contribution in [0.25, 0.3) is 0 Å². The standard InChI is InChI=1S/C14H18N4O2S/c19-8-10-6-15-13(21)17-12(10)18-7-11(20)16-9-14(18)4-2-1-3-5-14/h6,8H,1-5,7,9H2,(H,16,20)(H,15,17,21). The van der Waals surface area contributed by atoms with Crippen molar-refractivity contribution >= 4 is 30.2 Å². The molecular formula is C14H18N4O2S. The summed E-state index contributed by atoms with van der Waals surface area (Å²) in [6, 6.07) is 0. The maximum atomic E-state index is 11.9. The Morgan fingerprint density at radius 2 is 2.10 bits per heavy atom. The second-order valence-corrected chi connectivity index (χ2v) is 6.14. The quantitative estimate of drug-likeness (QED) is 0.641. The van der Waals surface area contributed by atoms with Gasteiger partial charge >= 0.3 is 0 Å². The number of nitrogens with one attached hydrogen (secondary N) is 2. The largest absolute Gasteiger partial charge is 0.352 e. The SMILES string of the molecule is O=Cc1cnc(=S)[nH]c1N1CC(=O)NCC12CCCCC2. The van der Waals surface area contributed by atoms with Crippen LogP contribution in [-0.2, 0) is 4.79 Å². The molecule has 1 amide bonds. The number of hydrogen-bond acceptors (Lipinski definition) is 5. The number of aromatic amines is 1. The molecule has 0 aromatic carbocycles. The van der Waals surface area contributed by atoms with E-state index in [-0.39, 0.29) is 18.0 Å². The van der Waals surface area contributed by atoms with Gasteiger partial charge in [0.25, 0.3) is 0 Å². The maximum Gasteiger partial charge on any atom is 0.239 e. The monoisotopic (exact) mass is 306 g/mol. The molecule has 1 aliphatic carbocycles. The highest BCUT2D eigenvalue weighted by Crippen LogP contribution is 2.37. The Morgan fingerprint density at radius 1 is 1.33 bits per heavy atom. The topological polar surface area (TPSA) is 78.1 Å². The van der Waals surface area contributed by atoms with E-state index in [1.165, 1.54) is 12.6 Å². The van der Waals surface area contributed by atoms with E-state index in [0.29, 0.717) is 22.7 Å². The number of carbonyl (C=O) groups is 2. The van der Waals surface area contributed by atoms with Crippen LogP contribution >= 0.6 is 12.2 Å². The van der Waals surface area contributed by atoms with E-state index in [0.717, 1.165) is 32.0 Å². The fourth-order valence-corrected chi connectivity index (χ4v) is 3.55. The molecule has 7 heteroatoms. The van der Waals surface area contributed by atoms with Gasteiger partial charge < -0.3 is 15.2 Å². The van der Waals surface area contributed by atoms with Crippen molar-refractivity contribution in [3.8, 4) is 0 Å². The zero-order chi connectivity index (χ0) is 14.9. The molecule has 1 aliphatic heterocycles. The summed E-state index contributed by atoms with van der Waals surface area (Å²) in [5.41, 5.74) is 0.326. The number of nitrogens with zero attached hydrogens (tertiary/aromatic N) is 2. The normalized spacial score (nSPS) is 21.1. The van der Waals surface area contributed by atoms with Crippen LogP contribution in [-0.4, -0.2) is 40.8 Å². The van der Waals surface area contributed by atoms with Gasteiger partial charge in [-0.15, -0.1) is 0 Å². The molecular weight excluding hydrogens is 288 g/mol. The Balaban J connectivity index is 2.07. The molecule has 0 bridgehead atoms. The van der Waals surface area contributed by atoms with Gasteiger partial charge in [-0.2, -0.15) is 0 Å². The van der Waals surface area contributed by atoms with Gasteiger partial charge in [-0.05, 0) is 25.1 Å². The predicted octanol–water partition coefficient (Wildman–Crippen LogP) is 1.59. The van der Waals surface area contributed by atoms with Gasteiger partial charge in [0.1, 0.15) is 5.82 Å². The van der Waals surface area contributed by atoms with E-state index in [9.17, 15) is 9.59 Å². The third-order valence-electron chi connectivity index (χ3n) is 4.49. The lowest BCUT2D eigenvalue weighted by Gasteiger charge is -2.50. The van der Waals surface area contributed by atoms with Crippen LogP contribution in [0, 0.1) is 4.77 Å². The highest BCUT2D eigenvalue weighted by molar-refractivity contribution is 7.71. The second kappa shape index (κ2) is 5.55. The van der Waals surface area contributed by atoms with Crippen LogP contribution in [0.4, 0.5) is 5.82 Å². The minimum absolute atomic E-state index is 0.0285. The van der Waals surface area contributed by atoms with Gasteiger partial charge in [-0.1, -0.05) is 19.3 Å². The van der Waals surface area contributed by atoms with Crippen LogP contribution in [0.5, 0.6) is 0 Å². The third-order valence-corrected chi connectivity index (χ3v) is 4.70. The second-order valence-electron chi connectivity index (χ2n) is 5.76. The first-order valence-electron chi connectivity index (χ1n) is 7.23. The summed E-state index contributed by atoms with van der Waals surface area (Å²) >= 11 is 5.09. The van der Waals surface area contributed by atoms with Crippen LogP contribution in [0.15, 0.2) is 6.20 Å². The van der Waals surface area contributed by atoms with E-state index in [1.807, 2.05) is 4.90 Å². The molecule has 1 spiro atoms. The first-order chi connectivity index (χ1) is 10.1. The van der Waals surface area contributed by atoms with Gasteiger partial charge in [0.2, 0.25) is 5.91 Å². The minimum atomic E-state index is -0.121. The Bertz CT molecular complexity index is 622. The molecule has 0 radical (unpaired) electrons. The molecule has 0 atom stereocenters. The number of amides is 1. The summed E-state index contributed by atoms with van der Waals surface area (Å²) in [7, 11) is 0. The van der Waals surface area contributed by atoms with Crippen molar-refractivity contribution in [2.24, 2.45) is 0 Å². The number of hydrogen-bond donors (Lipinski definition) is 2. The fraction of sp³-hybridized carbons (Fsp3) is 0.571. The molecule has 1 saturated carbocycles. The smallest absolute Gasteiger partial charge is 0.239 e. The number of piperazine rings is 1. The molecule has 21 heavy (non-hydrogen) atoms. The van der Waals surface area contributed by atoms with Gasteiger partial charge in [0, 0.05) is 12.7 Å². The minimum Gasteiger partial charge on any atom is -0.352 e. The van der Waals surface area contributed by atoms with Crippen molar-refractivity contribution in [1.29, 1.82) is 0 Å².